The van der Waals surface area contributed by atoms with Gasteiger partial charge in [0.2, 0.25) is 0 Å². The Labute approximate surface area is 390 Å². The van der Waals surface area contributed by atoms with Gasteiger partial charge in [-0.3, -0.25) is 23.2 Å². The topological polar surface area (TPSA) is 286 Å². The van der Waals surface area contributed by atoms with E-state index in [1.54, 1.807) is 6.08 Å². The second kappa shape index (κ2) is 33.4. The zero-order valence-electron chi connectivity index (χ0n) is 39.0. The highest BCUT2D eigenvalue weighted by molar-refractivity contribution is 7.61. The molecule has 0 saturated carbocycles. The molecule has 2 rings (SSSR count). The van der Waals surface area contributed by atoms with Crippen molar-refractivity contribution < 1.29 is 71.4 Å². The van der Waals surface area contributed by atoms with Crippen LogP contribution in [0.25, 0.3) is 0 Å². The van der Waals surface area contributed by atoms with E-state index in [-0.39, 0.29) is 18.7 Å². The van der Waals surface area contributed by atoms with Crippen LogP contribution >= 0.6 is 15.6 Å². The van der Waals surface area contributed by atoms with Crippen LogP contribution in [0.2, 0.25) is 0 Å². The second-order valence-electron chi connectivity index (χ2n) is 16.9. The number of phosphoric ester groups is 2. The minimum atomic E-state index is -5.44. The predicted octanol–water partition coefficient (Wildman–Crippen LogP) is 7.66. The molecule has 0 aliphatic carbocycles. The van der Waals surface area contributed by atoms with E-state index in [1.807, 2.05) is 18.2 Å². The van der Waals surface area contributed by atoms with Gasteiger partial charge in [0.15, 0.2) is 12.3 Å². The molecule has 378 valence electrons. The first-order chi connectivity index (χ1) is 31.4. The number of ether oxygens (including phenoxy) is 3. The summed E-state index contributed by atoms with van der Waals surface area (Å²) < 4.78 is 56.6. The summed E-state index contributed by atoms with van der Waals surface area (Å²) in [4.78, 5) is 61.7. The van der Waals surface area contributed by atoms with Gasteiger partial charge in [0, 0.05) is 19.0 Å². The van der Waals surface area contributed by atoms with Crippen LogP contribution in [0.5, 0.6) is 0 Å². The lowest BCUT2D eigenvalue weighted by molar-refractivity contribution is -0.161. The molecular formula is C45H77N3O16P2. The minimum absolute atomic E-state index is 0.0192. The van der Waals surface area contributed by atoms with Crippen LogP contribution < -0.4 is 11.4 Å². The highest BCUT2D eigenvalue weighted by Gasteiger charge is 2.46. The maximum atomic E-state index is 12.8. The van der Waals surface area contributed by atoms with Crippen molar-refractivity contribution in [2.75, 3.05) is 25.6 Å². The number of hydrogen-bond donors (Lipinski definition) is 6. The Hall–Kier alpha value is -3.06. The molecule has 66 heavy (non-hydrogen) atoms. The smallest absolute Gasteiger partial charge is 0.462 e. The molecule has 0 amide bonds. The molecule has 8 atom stereocenters. The number of esters is 2. The van der Waals surface area contributed by atoms with E-state index in [4.69, 9.17) is 29.0 Å². The van der Waals surface area contributed by atoms with Crippen LogP contribution in [-0.2, 0) is 46.3 Å². The first kappa shape index (κ1) is 59.1. The van der Waals surface area contributed by atoms with Gasteiger partial charge in [-0.25, -0.2) is 13.9 Å². The van der Waals surface area contributed by atoms with Gasteiger partial charge in [0.25, 0.3) is 0 Å². The number of nitrogens with zero attached hydrogens (tertiary/aromatic N) is 2. The van der Waals surface area contributed by atoms with Gasteiger partial charge >= 0.3 is 33.3 Å². The highest BCUT2D eigenvalue weighted by Crippen LogP contribution is 2.60. The number of unbranched alkanes of at least 4 members (excludes halogenated alkanes) is 12. The molecule has 1 aliphatic rings. The van der Waals surface area contributed by atoms with Crippen molar-refractivity contribution in [2.24, 2.45) is 5.92 Å². The molecule has 3 unspecified atom stereocenters. The molecular weight excluding hydrogens is 900 g/mol. The molecule has 1 fully saturated rings. The minimum Gasteiger partial charge on any atom is -0.462 e. The largest absolute Gasteiger partial charge is 0.481 e. The van der Waals surface area contributed by atoms with Crippen LogP contribution in [-0.4, -0.2) is 96.9 Å². The third kappa shape index (κ3) is 27.1. The number of aliphatic hydroxyl groups is 3. The van der Waals surface area contributed by atoms with Crippen LogP contribution in [0.4, 0.5) is 5.82 Å². The SMILES string of the molecule is CC/C=C/C/C=C/C=C/C(O)CCCCCCCC(=O)O[C@H](COC(=O)CCCCCCCCCCCC(C)C)COP(=O)(O)OP(=O)(O)OC[C@H]1O[C@@H](n2ccc(N)nc2=O)[C@H](O)[C@@H]1O. The Morgan fingerprint density at radius 1 is 0.818 bits per heavy atom. The van der Waals surface area contributed by atoms with E-state index in [0.717, 1.165) is 74.5 Å². The molecule has 21 heteroatoms. The zero-order chi connectivity index (χ0) is 48.8. The maximum absolute atomic E-state index is 12.8. The van der Waals surface area contributed by atoms with Crippen molar-refractivity contribution in [1.82, 2.24) is 9.55 Å². The van der Waals surface area contributed by atoms with Gasteiger partial charge in [0.1, 0.15) is 30.7 Å². The van der Waals surface area contributed by atoms with E-state index < -0.39 is 89.8 Å². The van der Waals surface area contributed by atoms with Crippen LogP contribution in [0, 0.1) is 5.92 Å². The summed E-state index contributed by atoms with van der Waals surface area (Å²) in [5.41, 5.74) is 4.57. The zero-order valence-corrected chi connectivity index (χ0v) is 40.8. The van der Waals surface area contributed by atoms with Gasteiger partial charge in [-0.05, 0) is 44.1 Å². The van der Waals surface area contributed by atoms with Crippen molar-refractivity contribution in [3.8, 4) is 0 Å². The number of nitrogens with two attached hydrogens (primary N) is 1. The average Bonchev–Trinajstić information content (AvgIpc) is 3.53. The van der Waals surface area contributed by atoms with Gasteiger partial charge in [0.05, 0.1) is 19.3 Å². The number of aromatic nitrogens is 2. The number of rotatable bonds is 37. The Kier molecular flexibility index (Phi) is 29.9. The van der Waals surface area contributed by atoms with Crippen molar-refractivity contribution >= 4 is 33.4 Å². The molecule has 0 radical (unpaired) electrons. The lowest BCUT2D eigenvalue weighted by Gasteiger charge is -2.21. The normalized spacial score (nSPS) is 20.6. The molecule has 1 aromatic rings. The van der Waals surface area contributed by atoms with Gasteiger partial charge < -0.3 is 45.1 Å². The van der Waals surface area contributed by atoms with Crippen LogP contribution in [0.15, 0.2) is 53.5 Å². The van der Waals surface area contributed by atoms with Crippen molar-refractivity contribution in [2.45, 2.75) is 186 Å². The summed E-state index contributed by atoms with van der Waals surface area (Å²) in [7, 11) is -10.9. The summed E-state index contributed by atoms with van der Waals surface area (Å²) in [6, 6.07) is 1.24. The molecule has 0 spiro atoms. The van der Waals surface area contributed by atoms with Gasteiger partial charge in [-0.2, -0.15) is 9.29 Å². The molecule has 2 heterocycles. The average molecular weight is 978 g/mol. The lowest BCUT2D eigenvalue weighted by atomic mass is 10.0. The lowest BCUT2D eigenvalue weighted by Crippen LogP contribution is -2.36. The summed E-state index contributed by atoms with van der Waals surface area (Å²) in [5, 5.41) is 31.1. The van der Waals surface area contributed by atoms with E-state index >= 15 is 0 Å². The van der Waals surface area contributed by atoms with Crippen molar-refractivity contribution in [3.63, 3.8) is 0 Å². The van der Waals surface area contributed by atoms with E-state index in [2.05, 4.69) is 42.2 Å². The van der Waals surface area contributed by atoms with Crippen molar-refractivity contribution in [1.29, 1.82) is 0 Å². The summed E-state index contributed by atoms with van der Waals surface area (Å²) in [6.07, 6.45) is 21.3. The predicted molar refractivity (Wildman–Crippen MR) is 249 cm³/mol. The van der Waals surface area contributed by atoms with E-state index in [9.17, 15) is 48.6 Å². The van der Waals surface area contributed by atoms with E-state index in [0.29, 0.717) is 25.7 Å². The fourth-order valence-corrected chi connectivity index (χ4v) is 8.97. The van der Waals surface area contributed by atoms with Gasteiger partial charge in [-0.15, -0.1) is 0 Å². The number of aliphatic hydroxyl groups excluding tert-OH is 3. The fraction of sp³-hybridized carbons (Fsp3) is 0.733. The third-order valence-corrected chi connectivity index (χ3v) is 13.1. The number of anilines is 1. The number of carbonyl (C=O) groups excluding carboxylic acids is 2. The molecule has 0 aromatic carbocycles. The number of hydrogen-bond acceptors (Lipinski definition) is 16. The summed E-state index contributed by atoms with van der Waals surface area (Å²) >= 11 is 0. The number of carbonyl (C=O) groups is 2. The van der Waals surface area contributed by atoms with Gasteiger partial charge in [-0.1, -0.05) is 141 Å². The van der Waals surface area contributed by atoms with Crippen LogP contribution in [0.1, 0.15) is 155 Å². The quantitative estimate of drug-likeness (QED) is 0.0123. The number of nitrogen functional groups attached to an aromatic ring is 1. The first-order valence-corrected chi connectivity index (χ1v) is 26.5. The fourth-order valence-electron chi connectivity index (χ4n) is 6.86. The summed E-state index contributed by atoms with van der Waals surface area (Å²) in [6.45, 7) is 4.17. The van der Waals surface area contributed by atoms with E-state index in [1.165, 1.54) is 38.2 Å². The highest BCUT2D eigenvalue weighted by atomic mass is 31.3. The monoisotopic (exact) mass is 977 g/mol. The molecule has 1 aliphatic heterocycles. The summed E-state index contributed by atoms with van der Waals surface area (Å²) in [5.74, 6) is -0.649. The Bertz CT molecular complexity index is 1780. The standard InChI is InChI=1S/C45H77N3O16P2/c1-4-5-6-7-11-16-21-26-36(49)27-22-17-14-19-24-29-41(51)62-37(32-59-40(50)28-23-18-13-10-8-9-12-15-20-25-35(2)3)33-60-65(55,56)64-66(57,58)61-34-38-42(52)43(53)44(63-38)48-31-30-39(46)47-45(48)54/h5-6,11,16,21,26,30-31,35-38,42-44,49,52-53H,4,7-10,12-15,17-20,22-25,27-29,32-34H2,1-3H3,(H,55,56)(H,57,58)(H2,46,47,54)/b6-5+,16-11+,26-21+/t36?,37-,38-,42-,43-,44-/m1/s1. The first-order valence-electron chi connectivity index (χ1n) is 23.5. The number of phosphoric acid groups is 2. The Morgan fingerprint density at radius 2 is 1.41 bits per heavy atom. The molecule has 1 saturated heterocycles. The Balaban J connectivity index is 1.85. The maximum Gasteiger partial charge on any atom is 0.481 e. The Morgan fingerprint density at radius 3 is 2.03 bits per heavy atom. The van der Waals surface area contributed by atoms with Crippen LogP contribution in [0.3, 0.4) is 0 Å². The number of allylic oxidation sites excluding steroid dienone is 5. The molecule has 7 N–H and O–H groups in total. The third-order valence-electron chi connectivity index (χ3n) is 10.5. The molecule has 19 nitrogen and oxygen atoms in total. The molecule has 0 bridgehead atoms. The second-order valence-corrected chi connectivity index (χ2v) is 20.0. The molecule has 1 aromatic heterocycles. The van der Waals surface area contributed by atoms with Crippen molar-refractivity contribution in [3.05, 3.63) is 59.2 Å².